The lowest BCUT2D eigenvalue weighted by molar-refractivity contribution is -0.132. The van der Waals surface area contributed by atoms with Crippen molar-refractivity contribution in [3.05, 3.63) is 17.8 Å². The molecule has 27 heavy (non-hydrogen) atoms. The van der Waals surface area contributed by atoms with Gasteiger partial charge in [-0.25, -0.2) is 9.97 Å². The van der Waals surface area contributed by atoms with Gasteiger partial charge in [-0.15, -0.1) is 11.3 Å². The Labute approximate surface area is 162 Å². The molecule has 4 rings (SSSR count). The van der Waals surface area contributed by atoms with Crippen LogP contribution in [0.5, 0.6) is 0 Å². The Bertz CT molecular complexity index is 853. The topological polar surface area (TPSA) is 78.4 Å². The number of fused-ring (bicyclic) bond motifs is 1. The van der Waals surface area contributed by atoms with E-state index < -0.39 is 0 Å². The van der Waals surface area contributed by atoms with Crippen molar-refractivity contribution in [2.24, 2.45) is 0 Å². The minimum absolute atomic E-state index is 0.00878. The van der Waals surface area contributed by atoms with E-state index in [2.05, 4.69) is 25.6 Å². The fourth-order valence-corrected chi connectivity index (χ4v) is 5.34. The molecule has 4 heterocycles. The summed E-state index contributed by atoms with van der Waals surface area (Å²) in [6.45, 7) is 4.02. The third kappa shape index (κ3) is 3.50. The van der Waals surface area contributed by atoms with Gasteiger partial charge in [0.2, 0.25) is 11.8 Å². The molecule has 2 aliphatic heterocycles. The maximum absolute atomic E-state index is 12.4. The normalized spacial score (nSPS) is 23.0. The van der Waals surface area contributed by atoms with Crippen molar-refractivity contribution in [2.75, 3.05) is 31.1 Å². The standard InChI is InChI=1S/C19H25N5O2S/c1-14(25)20-12-16(26)23-8-2-5-19(7-10-23)6-3-9-24(19)18-17-15(4-11-27-17)21-13-22-18/h4,11,13H,2-3,5-10,12H2,1H3,(H,20,25). The minimum Gasteiger partial charge on any atom is -0.350 e. The van der Waals surface area contributed by atoms with Crippen molar-refractivity contribution in [1.29, 1.82) is 0 Å². The Balaban J connectivity index is 1.53. The van der Waals surface area contributed by atoms with Gasteiger partial charge in [0, 0.05) is 32.1 Å². The summed E-state index contributed by atoms with van der Waals surface area (Å²) in [5, 5.41) is 4.69. The highest BCUT2D eigenvalue weighted by Gasteiger charge is 2.43. The molecule has 0 aliphatic carbocycles. The second-order valence-corrected chi connectivity index (χ2v) is 8.37. The number of carbonyl (C=O) groups excluding carboxylic acids is 2. The summed E-state index contributed by atoms with van der Waals surface area (Å²) >= 11 is 1.70. The molecule has 1 N–H and O–H groups in total. The zero-order valence-corrected chi connectivity index (χ0v) is 16.4. The molecule has 2 aromatic rings. The Morgan fingerprint density at radius 3 is 2.81 bits per heavy atom. The summed E-state index contributed by atoms with van der Waals surface area (Å²) in [5.41, 5.74) is 1.07. The third-order valence-electron chi connectivity index (χ3n) is 5.83. The second-order valence-electron chi connectivity index (χ2n) is 7.46. The van der Waals surface area contributed by atoms with Crippen LogP contribution in [0.4, 0.5) is 5.82 Å². The highest BCUT2D eigenvalue weighted by Crippen LogP contribution is 2.43. The quantitative estimate of drug-likeness (QED) is 0.873. The van der Waals surface area contributed by atoms with Gasteiger partial charge >= 0.3 is 0 Å². The summed E-state index contributed by atoms with van der Waals surface area (Å²) in [7, 11) is 0. The molecule has 8 heteroatoms. The van der Waals surface area contributed by atoms with Gasteiger partial charge in [-0.3, -0.25) is 9.59 Å². The number of aromatic nitrogens is 2. The molecular weight excluding hydrogens is 362 g/mol. The maximum atomic E-state index is 12.4. The van der Waals surface area contributed by atoms with Gasteiger partial charge in [-0.2, -0.15) is 0 Å². The number of carbonyl (C=O) groups is 2. The first kappa shape index (κ1) is 18.2. The molecule has 2 amide bonds. The van der Waals surface area contributed by atoms with Crippen LogP contribution in [0, 0.1) is 0 Å². The first-order valence-electron chi connectivity index (χ1n) is 9.57. The van der Waals surface area contributed by atoms with Gasteiger partial charge < -0.3 is 15.1 Å². The van der Waals surface area contributed by atoms with E-state index in [1.165, 1.54) is 6.92 Å². The predicted molar refractivity (Wildman–Crippen MR) is 106 cm³/mol. The van der Waals surface area contributed by atoms with E-state index in [-0.39, 0.29) is 23.9 Å². The van der Waals surface area contributed by atoms with Crippen LogP contribution in [-0.2, 0) is 9.59 Å². The molecular formula is C19H25N5O2S. The average Bonchev–Trinajstić information content (AvgIpc) is 3.23. The minimum atomic E-state index is -0.166. The smallest absolute Gasteiger partial charge is 0.241 e. The molecule has 1 atom stereocenters. The lowest BCUT2D eigenvalue weighted by Crippen LogP contribution is -2.46. The molecule has 0 saturated carbocycles. The van der Waals surface area contributed by atoms with E-state index in [0.717, 1.165) is 67.8 Å². The van der Waals surface area contributed by atoms with Gasteiger partial charge in [-0.1, -0.05) is 0 Å². The summed E-state index contributed by atoms with van der Waals surface area (Å²) in [5.74, 6) is 0.889. The lowest BCUT2D eigenvalue weighted by Gasteiger charge is -2.39. The summed E-state index contributed by atoms with van der Waals surface area (Å²) in [4.78, 5) is 36.9. The van der Waals surface area contributed by atoms with Crippen LogP contribution < -0.4 is 10.2 Å². The van der Waals surface area contributed by atoms with Crippen LogP contribution in [0.1, 0.15) is 39.0 Å². The monoisotopic (exact) mass is 387 g/mol. The number of hydrogen-bond donors (Lipinski definition) is 1. The highest BCUT2D eigenvalue weighted by atomic mass is 32.1. The summed E-state index contributed by atoms with van der Waals surface area (Å²) in [6.07, 6.45) is 6.93. The Kier molecular flexibility index (Phi) is 4.99. The molecule has 7 nitrogen and oxygen atoms in total. The van der Waals surface area contributed by atoms with Crippen molar-refractivity contribution in [3.8, 4) is 0 Å². The average molecular weight is 388 g/mol. The molecule has 0 radical (unpaired) electrons. The second kappa shape index (κ2) is 7.42. The van der Waals surface area contributed by atoms with Crippen molar-refractivity contribution >= 4 is 39.2 Å². The lowest BCUT2D eigenvalue weighted by atomic mass is 9.87. The number of anilines is 1. The number of hydrogen-bond acceptors (Lipinski definition) is 6. The Morgan fingerprint density at radius 1 is 1.19 bits per heavy atom. The molecule has 1 spiro atoms. The van der Waals surface area contributed by atoms with Crippen molar-refractivity contribution < 1.29 is 9.59 Å². The zero-order valence-electron chi connectivity index (χ0n) is 15.6. The molecule has 0 aromatic carbocycles. The van der Waals surface area contributed by atoms with Gasteiger partial charge in [0.05, 0.1) is 16.8 Å². The maximum Gasteiger partial charge on any atom is 0.241 e. The molecule has 0 bridgehead atoms. The van der Waals surface area contributed by atoms with E-state index in [0.29, 0.717) is 0 Å². The Hall–Kier alpha value is -2.22. The molecule has 2 aliphatic rings. The van der Waals surface area contributed by atoms with Crippen LogP contribution in [0.15, 0.2) is 17.8 Å². The number of rotatable bonds is 3. The molecule has 144 valence electrons. The van der Waals surface area contributed by atoms with E-state index in [9.17, 15) is 9.59 Å². The van der Waals surface area contributed by atoms with Crippen LogP contribution in [0.3, 0.4) is 0 Å². The number of nitrogens with one attached hydrogen (secondary N) is 1. The van der Waals surface area contributed by atoms with E-state index >= 15 is 0 Å². The largest absolute Gasteiger partial charge is 0.350 e. The molecule has 2 saturated heterocycles. The third-order valence-corrected chi connectivity index (χ3v) is 6.73. The number of thiophene rings is 1. The molecule has 2 fully saturated rings. The van der Waals surface area contributed by atoms with Gasteiger partial charge in [0.1, 0.15) is 12.1 Å². The number of nitrogens with zero attached hydrogens (tertiary/aromatic N) is 4. The van der Waals surface area contributed by atoms with E-state index in [1.54, 1.807) is 17.7 Å². The SMILES string of the molecule is CC(=O)NCC(=O)N1CCCC2(CCCN2c2ncnc3ccsc23)CC1. The first-order chi connectivity index (χ1) is 13.1. The van der Waals surface area contributed by atoms with E-state index in [1.807, 2.05) is 11.0 Å². The fraction of sp³-hybridized carbons (Fsp3) is 0.579. The predicted octanol–water partition coefficient (Wildman–Crippen LogP) is 2.18. The van der Waals surface area contributed by atoms with Crippen LogP contribution in [0.2, 0.25) is 0 Å². The summed E-state index contributed by atoms with van der Waals surface area (Å²) < 4.78 is 1.15. The molecule has 2 aromatic heterocycles. The van der Waals surface area contributed by atoms with Crippen molar-refractivity contribution in [3.63, 3.8) is 0 Å². The van der Waals surface area contributed by atoms with Crippen molar-refractivity contribution in [1.82, 2.24) is 20.2 Å². The van der Waals surface area contributed by atoms with Gasteiger partial charge in [0.25, 0.3) is 0 Å². The summed E-state index contributed by atoms with van der Waals surface area (Å²) in [6, 6.07) is 2.05. The Morgan fingerprint density at radius 2 is 2.00 bits per heavy atom. The molecule has 1 unspecified atom stereocenters. The van der Waals surface area contributed by atoms with Crippen molar-refractivity contribution in [2.45, 2.75) is 44.6 Å². The van der Waals surface area contributed by atoms with Crippen LogP contribution in [-0.4, -0.2) is 58.4 Å². The highest BCUT2D eigenvalue weighted by molar-refractivity contribution is 7.17. The van der Waals surface area contributed by atoms with Crippen LogP contribution >= 0.6 is 11.3 Å². The van der Waals surface area contributed by atoms with Gasteiger partial charge in [-0.05, 0) is 43.6 Å². The first-order valence-corrected chi connectivity index (χ1v) is 10.5. The van der Waals surface area contributed by atoms with Crippen LogP contribution in [0.25, 0.3) is 10.2 Å². The fourth-order valence-electron chi connectivity index (χ4n) is 4.50. The number of likely N-dealkylation sites (tertiary alicyclic amines) is 1. The zero-order chi connectivity index (χ0) is 18.9. The van der Waals surface area contributed by atoms with E-state index in [4.69, 9.17) is 0 Å². The number of amides is 2. The van der Waals surface area contributed by atoms with Gasteiger partial charge in [0.15, 0.2) is 0 Å².